The predicted molar refractivity (Wildman–Crippen MR) is 114 cm³/mol. The van der Waals surface area contributed by atoms with Crippen LogP contribution in [0.3, 0.4) is 0 Å². The molecule has 4 aromatic rings. The fourth-order valence-electron chi connectivity index (χ4n) is 3.43. The number of benzene rings is 3. The number of carbonyl (C=O) groups excluding carboxylic acids is 1. The summed E-state index contributed by atoms with van der Waals surface area (Å²) in [6.07, 6.45) is 0. The number of fused-ring (bicyclic) bond motifs is 1. The molecule has 0 atom stereocenters. The number of hydrogen-bond donors (Lipinski definition) is 0. The van der Waals surface area contributed by atoms with Crippen LogP contribution < -0.4 is 0 Å². The van der Waals surface area contributed by atoms with Crippen molar-refractivity contribution >= 4 is 22.6 Å². The third-order valence-corrected chi connectivity index (χ3v) is 4.88. The number of nitro groups is 1. The van der Waals surface area contributed by atoms with Crippen molar-refractivity contribution < 1.29 is 14.5 Å². The van der Waals surface area contributed by atoms with Crippen molar-refractivity contribution in [1.29, 1.82) is 0 Å². The lowest BCUT2D eigenvalue weighted by Gasteiger charge is -2.14. The predicted octanol–water partition coefficient (Wildman–Crippen LogP) is 5.48. The van der Waals surface area contributed by atoms with Gasteiger partial charge in [-0.25, -0.2) is 9.78 Å². The van der Waals surface area contributed by atoms with Crippen molar-refractivity contribution in [3.8, 4) is 11.3 Å². The van der Waals surface area contributed by atoms with Gasteiger partial charge in [0.15, 0.2) is 0 Å². The molecule has 1 aromatic heterocycles. The van der Waals surface area contributed by atoms with E-state index in [9.17, 15) is 14.9 Å². The van der Waals surface area contributed by atoms with Gasteiger partial charge in [-0.3, -0.25) is 10.1 Å². The number of pyridine rings is 1. The Morgan fingerprint density at radius 2 is 1.73 bits per heavy atom. The number of nitro benzene ring substituents is 1. The van der Waals surface area contributed by atoms with Gasteiger partial charge in [0, 0.05) is 23.1 Å². The van der Waals surface area contributed by atoms with Crippen LogP contribution in [-0.2, 0) is 11.3 Å². The number of nitrogens with zero attached hydrogens (tertiary/aromatic N) is 2. The van der Waals surface area contributed by atoms with E-state index in [2.05, 4.69) is 0 Å². The summed E-state index contributed by atoms with van der Waals surface area (Å²) in [6.45, 7) is 1.79. The van der Waals surface area contributed by atoms with Crippen molar-refractivity contribution in [2.24, 2.45) is 0 Å². The maximum absolute atomic E-state index is 13.1. The van der Waals surface area contributed by atoms with Crippen LogP contribution >= 0.6 is 0 Å². The average Bonchev–Trinajstić information content (AvgIpc) is 2.78. The van der Waals surface area contributed by atoms with Gasteiger partial charge in [-0.05, 0) is 24.1 Å². The van der Waals surface area contributed by atoms with Gasteiger partial charge in [-0.1, -0.05) is 60.7 Å². The summed E-state index contributed by atoms with van der Waals surface area (Å²) >= 11 is 0. The summed E-state index contributed by atoms with van der Waals surface area (Å²) in [5.41, 5.74) is 4.01. The highest BCUT2D eigenvalue weighted by molar-refractivity contribution is 6.06. The topological polar surface area (TPSA) is 82.3 Å². The quantitative estimate of drug-likeness (QED) is 0.253. The Balaban J connectivity index is 1.72. The van der Waals surface area contributed by atoms with E-state index in [0.717, 1.165) is 16.8 Å². The average molecular weight is 398 g/mol. The Bertz CT molecular complexity index is 1250. The molecule has 1 heterocycles. The first-order valence-corrected chi connectivity index (χ1v) is 9.40. The van der Waals surface area contributed by atoms with Crippen LogP contribution in [0.4, 0.5) is 5.69 Å². The second-order valence-corrected chi connectivity index (χ2v) is 6.85. The summed E-state index contributed by atoms with van der Waals surface area (Å²) in [6, 6.07) is 23.1. The van der Waals surface area contributed by atoms with E-state index in [4.69, 9.17) is 9.72 Å². The molecule has 6 nitrogen and oxygen atoms in total. The number of non-ortho nitro benzene ring substituents is 1. The van der Waals surface area contributed by atoms with Crippen molar-refractivity contribution in [2.45, 2.75) is 13.5 Å². The van der Waals surface area contributed by atoms with Crippen LogP contribution in [0.2, 0.25) is 0 Å². The lowest BCUT2D eigenvalue weighted by Crippen LogP contribution is -2.10. The van der Waals surface area contributed by atoms with Gasteiger partial charge in [0.1, 0.15) is 6.61 Å². The Hall–Kier alpha value is -4.06. The van der Waals surface area contributed by atoms with Crippen molar-refractivity contribution in [3.63, 3.8) is 0 Å². The van der Waals surface area contributed by atoms with Crippen molar-refractivity contribution in [1.82, 2.24) is 4.98 Å². The smallest absolute Gasteiger partial charge is 0.339 e. The summed E-state index contributed by atoms with van der Waals surface area (Å²) < 4.78 is 5.54. The van der Waals surface area contributed by atoms with Crippen molar-refractivity contribution in [2.75, 3.05) is 0 Å². The number of esters is 1. The number of hydrogen-bond acceptors (Lipinski definition) is 5. The van der Waals surface area contributed by atoms with Gasteiger partial charge in [-0.15, -0.1) is 0 Å². The maximum Gasteiger partial charge on any atom is 0.339 e. The molecule has 0 bridgehead atoms. The number of aromatic nitrogens is 1. The Kier molecular flexibility index (Phi) is 5.22. The first-order valence-electron chi connectivity index (χ1n) is 9.40. The van der Waals surface area contributed by atoms with Gasteiger partial charge in [0.25, 0.3) is 5.69 Å². The molecule has 0 saturated carbocycles. The molecule has 0 amide bonds. The SMILES string of the molecule is Cc1c(-c2ccccc2)nc2ccccc2c1C(=O)OCc1cccc([N+](=O)[O-])c1. The maximum atomic E-state index is 13.1. The van der Waals surface area contributed by atoms with Crippen molar-refractivity contribution in [3.05, 3.63) is 106 Å². The van der Waals surface area contributed by atoms with E-state index in [1.165, 1.54) is 12.1 Å². The van der Waals surface area contributed by atoms with E-state index in [-0.39, 0.29) is 12.3 Å². The normalized spacial score (nSPS) is 10.7. The standard InChI is InChI=1S/C24H18N2O4/c1-16-22(24(27)30-15-17-8-7-11-19(14-17)26(28)29)20-12-5-6-13-21(20)25-23(16)18-9-3-2-4-10-18/h2-14H,15H2,1H3. The zero-order valence-electron chi connectivity index (χ0n) is 16.2. The number of para-hydroxylation sites is 1. The lowest BCUT2D eigenvalue weighted by molar-refractivity contribution is -0.384. The Morgan fingerprint density at radius 1 is 1.00 bits per heavy atom. The minimum absolute atomic E-state index is 0.0412. The minimum atomic E-state index is -0.491. The second kappa shape index (κ2) is 8.13. The fourth-order valence-corrected chi connectivity index (χ4v) is 3.43. The van der Waals surface area contributed by atoms with Crippen LogP contribution in [0.15, 0.2) is 78.9 Å². The first kappa shape index (κ1) is 19.3. The third-order valence-electron chi connectivity index (χ3n) is 4.88. The van der Waals surface area contributed by atoms with E-state index in [1.54, 1.807) is 12.1 Å². The molecule has 0 fully saturated rings. The molecule has 0 N–H and O–H groups in total. The molecule has 0 aliphatic rings. The van der Waals surface area contributed by atoms with Crippen LogP contribution in [0.5, 0.6) is 0 Å². The summed E-state index contributed by atoms with van der Waals surface area (Å²) in [7, 11) is 0. The molecule has 6 heteroatoms. The molecule has 0 radical (unpaired) electrons. The van der Waals surface area contributed by atoms with E-state index < -0.39 is 10.9 Å². The molecule has 0 spiro atoms. The number of carbonyl (C=O) groups is 1. The van der Waals surface area contributed by atoms with Gasteiger partial charge < -0.3 is 4.74 Å². The molecule has 30 heavy (non-hydrogen) atoms. The fraction of sp³-hybridized carbons (Fsp3) is 0.0833. The minimum Gasteiger partial charge on any atom is -0.457 e. The summed E-state index contributed by atoms with van der Waals surface area (Å²) in [5, 5.41) is 11.7. The van der Waals surface area contributed by atoms with E-state index in [0.29, 0.717) is 22.0 Å². The summed E-state index contributed by atoms with van der Waals surface area (Å²) in [5.74, 6) is -0.491. The Labute approximate surface area is 172 Å². The van der Waals surface area contributed by atoms with Crippen LogP contribution in [0.25, 0.3) is 22.2 Å². The molecule has 0 aliphatic carbocycles. The van der Waals surface area contributed by atoms with Crippen LogP contribution in [-0.4, -0.2) is 15.9 Å². The van der Waals surface area contributed by atoms with Crippen LogP contribution in [0, 0.1) is 17.0 Å². The van der Waals surface area contributed by atoms with E-state index in [1.807, 2.05) is 61.5 Å². The monoisotopic (exact) mass is 398 g/mol. The zero-order valence-corrected chi connectivity index (χ0v) is 16.2. The second-order valence-electron chi connectivity index (χ2n) is 6.85. The highest BCUT2D eigenvalue weighted by atomic mass is 16.6. The highest BCUT2D eigenvalue weighted by Crippen LogP contribution is 2.30. The molecular weight excluding hydrogens is 380 g/mol. The van der Waals surface area contributed by atoms with E-state index >= 15 is 0 Å². The molecule has 0 aliphatic heterocycles. The molecule has 0 unspecified atom stereocenters. The summed E-state index contributed by atoms with van der Waals surface area (Å²) in [4.78, 5) is 28.3. The van der Waals surface area contributed by atoms with Crippen LogP contribution in [0.1, 0.15) is 21.5 Å². The van der Waals surface area contributed by atoms with Gasteiger partial charge >= 0.3 is 5.97 Å². The molecule has 0 saturated heterocycles. The molecule has 3 aromatic carbocycles. The highest BCUT2D eigenvalue weighted by Gasteiger charge is 2.20. The van der Waals surface area contributed by atoms with Gasteiger partial charge in [-0.2, -0.15) is 0 Å². The lowest BCUT2D eigenvalue weighted by atomic mass is 9.98. The Morgan fingerprint density at radius 3 is 2.50 bits per heavy atom. The third kappa shape index (κ3) is 3.75. The largest absolute Gasteiger partial charge is 0.457 e. The number of ether oxygens (including phenoxy) is 1. The van der Waals surface area contributed by atoms with Gasteiger partial charge in [0.05, 0.1) is 21.7 Å². The van der Waals surface area contributed by atoms with Gasteiger partial charge in [0.2, 0.25) is 0 Å². The zero-order chi connectivity index (χ0) is 21.1. The molecule has 4 rings (SSSR count). The number of rotatable bonds is 5. The molecular formula is C24H18N2O4. The first-order chi connectivity index (χ1) is 14.5. The molecule has 148 valence electrons.